The van der Waals surface area contributed by atoms with Crippen LogP contribution in [0.3, 0.4) is 0 Å². The van der Waals surface area contributed by atoms with Gasteiger partial charge in [-0.3, -0.25) is 14.7 Å². The normalized spacial score (nSPS) is 27.1. The van der Waals surface area contributed by atoms with Gasteiger partial charge in [-0.1, -0.05) is 55.4 Å². The van der Waals surface area contributed by atoms with E-state index in [1.165, 1.54) is 20.4 Å². The predicted octanol–water partition coefficient (Wildman–Crippen LogP) is 4.15. The molecule has 2 aromatic rings. The molecule has 4 heterocycles. The number of aliphatic hydroxyl groups is 2. The van der Waals surface area contributed by atoms with Crippen molar-refractivity contribution in [3.05, 3.63) is 6.33 Å². The van der Waals surface area contributed by atoms with Gasteiger partial charge in [0.2, 0.25) is 17.7 Å². The molecule has 0 radical (unpaired) electrons. The van der Waals surface area contributed by atoms with E-state index >= 15 is 0 Å². The fourth-order valence-electron chi connectivity index (χ4n) is 6.60. The van der Waals surface area contributed by atoms with Crippen molar-refractivity contribution in [1.29, 1.82) is 0 Å². The molecule has 13 nitrogen and oxygen atoms in total. The number of ether oxygens (including phenoxy) is 2. The molecule has 0 aliphatic carbocycles. The van der Waals surface area contributed by atoms with E-state index in [2.05, 4.69) is 75.7 Å². The third kappa shape index (κ3) is 5.90. The SMILES string of the molecule is COc1nc(NC(C)=O)nc2c1ncn2C1OC2CO[Si](C(C)C)(C(C)C)O[Si](C(C)C)(C(C)C)O[C@H]2[C@@]1(O)CCCO. The second kappa shape index (κ2) is 12.8. The number of anilines is 1. The van der Waals surface area contributed by atoms with Crippen molar-refractivity contribution < 1.29 is 37.4 Å². The maximum Gasteiger partial charge on any atom is 0.335 e. The summed E-state index contributed by atoms with van der Waals surface area (Å²) in [5.41, 5.74) is -0.571. The van der Waals surface area contributed by atoms with Crippen LogP contribution in [0.4, 0.5) is 5.95 Å². The van der Waals surface area contributed by atoms with Crippen LogP contribution in [0.15, 0.2) is 6.33 Å². The van der Waals surface area contributed by atoms with Crippen LogP contribution in [-0.2, 0) is 22.5 Å². The van der Waals surface area contributed by atoms with Gasteiger partial charge >= 0.3 is 17.1 Å². The van der Waals surface area contributed by atoms with E-state index in [0.29, 0.717) is 17.6 Å². The topological polar surface area (TPSA) is 159 Å². The Balaban J connectivity index is 1.90. The summed E-state index contributed by atoms with van der Waals surface area (Å²) in [4.78, 5) is 25.1. The number of nitrogens with zero attached hydrogens (tertiary/aromatic N) is 4. The lowest BCUT2D eigenvalue weighted by Crippen LogP contribution is -2.67. The third-order valence-corrected chi connectivity index (χ3v) is 19.0. The highest BCUT2D eigenvalue weighted by Crippen LogP contribution is 2.52. The number of carbonyl (C=O) groups is 1. The Hall–Kier alpha value is -1.99. The lowest BCUT2D eigenvalue weighted by atomic mass is 9.89. The molecule has 242 valence electrons. The zero-order valence-electron chi connectivity index (χ0n) is 27.1. The number of aliphatic hydroxyl groups excluding tert-OH is 1. The molecule has 2 aromatic heterocycles. The molecule has 43 heavy (non-hydrogen) atoms. The third-order valence-electron chi connectivity index (χ3n) is 8.74. The first kappa shape index (κ1) is 33.9. The molecule has 0 aromatic carbocycles. The van der Waals surface area contributed by atoms with Crippen molar-refractivity contribution in [2.45, 2.75) is 121 Å². The van der Waals surface area contributed by atoms with Crippen LogP contribution in [0.5, 0.6) is 5.88 Å². The number of aromatic nitrogens is 4. The van der Waals surface area contributed by atoms with Gasteiger partial charge in [0.1, 0.15) is 17.8 Å². The van der Waals surface area contributed by atoms with Crippen molar-refractivity contribution in [2.75, 3.05) is 25.6 Å². The number of imidazole rings is 1. The number of fused-ring (bicyclic) bond motifs is 2. The quantitative estimate of drug-likeness (QED) is 0.321. The van der Waals surface area contributed by atoms with Gasteiger partial charge in [-0.15, -0.1) is 0 Å². The minimum Gasteiger partial charge on any atom is -0.479 e. The molecular formula is C28H49N5O8Si2. The number of hydrogen-bond donors (Lipinski definition) is 3. The molecule has 2 fully saturated rings. The lowest BCUT2D eigenvalue weighted by molar-refractivity contribution is -0.114. The first-order valence-electron chi connectivity index (χ1n) is 15.2. The predicted molar refractivity (Wildman–Crippen MR) is 165 cm³/mol. The molecule has 2 unspecified atom stereocenters. The number of nitrogens with one attached hydrogen (secondary N) is 1. The second-order valence-corrected chi connectivity index (χ2v) is 21.8. The van der Waals surface area contributed by atoms with E-state index < -0.39 is 41.2 Å². The summed E-state index contributed by atoms with van der Waals surface area (Å²) in [5.74, 6) is -0.149. The molecule has 1 amide bonds. The highest BCUT2D eigenvalue weighted by molar-refractivity contribution is 6.84. The number of methoxy groups -OCH3 is 1. The molecule has 15 heteroatoms. The van der Waals surface area contributed by atoms with Crippen molar-refractivity contribution in [3.8, 4) is 5.88 Å². The number of rotatable bonds is 10. The van der Waals surface area contributed by atoms with Gasteiger partial charge in [0.15, 0.2) is 17.4 Å². The van der Waals surface area contributed by atoms with Crippen LogP contribution in [0.25, 0.3) is 11.2 Å². The van der Waals surface area contributed by atoms with Gasteiger partial charge in [0, 0.05) is 13.5 Å². The van der Waals surface area contributed by atoms with Crippen LogP contribution in [0.2, 0.25) is 22.2 Å². The van der Waals surface area contributed by atoms with Crippen LogP contribution < -0.4 is 10.1 Å². The molecule has 2 saturated heterocycles. The van der Waals surface area contributed by atoms with Gasteiger partial charge in [-0.05, 0) is 35.0 Å². The minimum absolute atomic E-state index is 0.0326. The Kier molecular flexibility index (Phi) is 10.1. The molecule has 2 aliphatic rings. The van der Waals surface area contributed by atoms with E-state index in [0.717, 1.165) is 0 Å². The summed E-state index contributed by atoms with van der Waals surface area (Å²) in [5, 5.41) is 25.1. The summed E-state index contributed by atoms with van der Waals surface area (Å²) in [7, 11) is -4.48. The van der Waals surface area contributed by atoms with Crippen LogP contribution in [0.1, 0.15) is 81.4 Å². The standard InChI is InChI=1S/C28H49N5O8Si2/c1-16(2)42(17(3)4)38-14-21-23(40-43(41-42,18(5)6)19(7)8)28(36,12-11-13-34)26(39-21)33-15-29-22-24(33)31-27(30-20(9)35)32-25(22)37-10/h15-19,21,23,26,34,36H,11-14H2,1-10H3,(H,30,31,32,35)/t21?,23-,26?,28+/m1/s1. The zero-order chi connectivity index (χ0) is 31.9. The van der Waals surface area contributed by atoms with E-state index in [9.17, 15) is 15.0 Å². The Bertz CT molecular complexity index is 1280. The first-order chi connectivity index (χ1) is 20.2. The monoisotopic (exact) mass is 639 g/mol. The summed E-state index contributed by atoms with van der Waals surface area (Å²) < 4.78 is 35.2. The maximum atomic E-state index is 12.7. The van der Waals surface area contributed by atoms with Gasteiger partial charge in [-0.2, -0.15) is 9.97 Å². The molecule has 0 spiro atoms. The van der Waals surface area contributed by atoms with Crippen molar-refractivity contribution >= 4 is 40.1 Å². The van der Waals surface area contributed by atoms with E-state index in [1.807, 2.05) is 0 Å². The maximum absolute atomic E-state index is 12.7. The Morgan fingerprint density at radius 2 is 1.74 bits per heavy atom. The minimum atomic E-state index is -3.09. The summed E-state index contributed by atoms with van der Waals surface area (Å²) in [6, 6.07) is 0. The summed E-state index contributed by atoms with van der Waals surface area (Å²) in [6.45, 7) is 18.5. The Morgan fingerprint density at radius 3 is 2.28 bits per heavy atom. The Labute approximate surface area is 256 Å². The van der Waals surface area contributed by atoms with Crippen molar-refractivity contribution in [3.63, 3.8) is 0 Å². The van der Waals surface area contributed by atoms with Crippen LogP contribution >= 0.6 is 0 Å². The van der Waals surface area contributed by atoms with Gasteiger partial charge in [0.25, 0.3) is 0 Å². The molecule has 4 rings (SSSR count). The zero-order valence-corrected chi connectivity index (χ0v) is 29.1. The largest absolute Gasteiger partial charge is 0.479 e. The van der Waals surface area contributed by atoms with E-state index in [4.69, 9.17) is 22.4 Å². The molecule has 0 saturated carbocycles. The van der Waals surface area contributed by atoms with Gasteiger partial charge in [-0.25, -0.2) is 4.98 Å². The molecule has 4 atom stereocenters. The van der Waals surface area contributed by atoms with E-state index in [1.54, 1.807) is 4.57 Å². The fraction of sp³-hybridized carbons (Fsp3) is 0.786. The van der Waals surface area contributed by atoms with Crippen molar-refractivity contribution in [2.24, 2.45) is 0 Å². The van der Waals surface area contributed by atoms with Crippen molar-refractivity contribution in [1.82, 2.24) is 19.5 Å². The first-order valence-corrected chi connectivity index (χ1v) is 19.2. The number of amides is 1. The molecule has 0 bridgehead atoms. The summed E-state index contributed by atoms with van der Waals surface area (Å²) in [6.07, 6.45) is -0.466. The number of hydrogen-bond acceptors (Lipinski definition) is 11. The van der Waals surface area contributed by atoms with Crippen LogP contribution in [-0.4, -0.2) is 90.9 Å². The second-order valence-electron chi connectivity index (χ2n) is 12.9. The number of carbonyl (C=O) groups excluding carboxylic acids is 1. The average molecular weight is 640 g/mol. The van der Waals surface area contributed by atoms with E-state index in [-0.39, 0.29) is 59.5 Å². The molecule has 2 aliphatic heterocycles. The van der Waals surface area contributed by atoms with Gasteiger partial charge < -0.3 is 32.7 Å². The highest BCUT2D eigenvalue weighted by Gasteiger charge is 2.65. The smallest absolute Gasteiger partial charge is 0.335 e. The average Bonchev–Trinajstić information content (AvgIpc) is 3.44. The Morgan fingerprint density at radius 1 is 1.12 bits per heavy atom. The highest BCUT2D eigenvalue weighted by atomic mass is 28.5. The molecule has 3 N–H and O–H groups in total. The fourth-order valence-corrected chi connectivity index (χ4v) is 17.8. The summed E-state index contributed by atoms with van der Waals surface area (Å²) >= 11 is 0. The van der Waals surface area contributed by atoms with Crippen LogP contribution in [0, 0.1) is 0 Å². The lowest BCUT2D eigenvalue weighted by Gasteiger charge is -2.52. The van der Waals surface area contributed by atoms with Gasteiger partial charge in [0.05, 0.1) is 20.0 Å². The molecular weight excluding hydrogens is 591 g/mol.